The molecular weight excluding hydrogens is 180 g/mol. The summed E-state index contributed by atoms with van der Waals surface area (Å²) in [5, 5.41) is 0. The highest BCUT2D eigenvalue weighted by atomic mass is 16.5. The van der Waals surface area contributed by atoms with E-state index in [1.807, 2.05) is 18.2 Å². The Morgan fingerprint density at radius 3 is 1.93 bits per heavy atom. The van der Waals surface area contributed by atoms with Crippen molar-refractivity contribution in [3.8, 4) is 11.5 Å². The van der Waals surface area contributed by atoms with Crippen LogP contribution < -0.4 is 9.47 Å². The molecule has 76 valence electrons. The van der Waals surface area contributed by atoms with Crippen molar-refractivity contribution in [2.24, 2.45) is 0 Å². The van der Waals surface area contributed by atoms with E-state index < -0.39 is 0 Å². The minimum Gasteiger partial charge on any atom is -0.496 e. The Balaban J connectivity index is 3.25. The van der Waals surface area contributed by atoms with E-state index in [1.165, 1.54) is 0 Å². The van der Waals surface area contributed by atoms with Crippen LogP contribution in [-0.4, -0.2) is 21.3 Å². The second-order valence-corrected chi connectivity index (χ2v) is 2.66. The predicted molar refractivity (Wildman–Crippen MR) is 55.6 cm³/mol. The van der Waals surface area contributed by atoms with Gasteiger partial charge in [0.05, 0.1) is 26.9 Å². The van der Waals surface area contributed by atoms with E-state index in [0.29, 0.717) is 17.3 Å². The van der Waals surface area contributed by atoms with Gasteiger partial charge in [0.25, 0.3) is 0 Å². The van der Waals surface area contributed by atoms with E-state index in [2.05, 4.69) is 6.58 Å². The average molecular weight is 194 g/mol. The van der Waals surface area contributed by atoms with Crippen LogP contribution in [0.25, 0.3) is 5.76 Å². The predicted octanol–water partition coefficient (Wildman–Crippen LogP) is 2.32. The van der Waals surface area contributed by atoms with E-state index in [0.717, 1.165) is 5.56 Å². The molecule has 14 heavy (non-hydrogen) atoms. The van der Waals surface area contributed by atoms with Gasteiger partial charge >= 0.3 is 0 Å². The Kier molecular flexibility index (Phi) is 3.40. The minimum absolute atomic E-state index is 0.527. The van der Waals surface area contributed by atoms with Gasteiger partial charge in [-0.15, -0.1) is 0 Å². The molecule has 1 aromatic carbocycles. The van der Waals surface area contributed by atoms with Gasteiger partial charge in [0.15, 0.2) is 0 Å². The van der Waals surface area contributed by atoms with Crippen molar-refractivity contribution in [2.45, 2.75) is 0 Å². The van der Waals surface area contributed by atoms with Crippen molar-refractivity contribution in [1.29, 1.82) is 0 Å². The Morgan fingerprint density at radius 1 is 1.07 bits per heavy atom. The third kappa shape index (κ3) is 1.82. The van der Waals surface area contributed by atoms with Gasteiger partial charge in [-0.3, -0.25) is 0 Å². The first-order valence-electron chi connectivity index (χ1n) is 4.18. The summed E-state index contributed by atoms with van der Waals surface area (Å²) in [4.78, 5) is 0. The molecule has 0 aliphatic rings. The topological polar surface area (TPSA) is 27.7 Å². The summed E-state index contributed by atoms with van der Waals surface area (Å²) in [7, 11) is 4.76. The Hall–Kier alpha value is -1.64. The van der Waals surface area contributed by atoms with E-state index in [-0.39, 0.29) is 0 Å². The van der Waals surface area contributed by atoms with Gasteiger partial charge in [-0.25, -0.2) is 0 Å². The molecular formula is C11H14O3. The molecule has 0 spiro atoms. The molecule has 1 rings (SSSR count). The summed E-state index contributed by atoms with van der Waals surface area (Å²) in [5.41, 5.74) is 0.750. The highest BCUT2D eigenvalue weighted by molar-refractivity contribution is 5.69. The molecule has 0 saturated heterocycles. The molecule has 0 heterocycles. The van der Waals surface area contributed by atoms with Crippen molar-refractivity contribution in [1.82, 2.24) is 0 Å². The zero-order valence-electron chi connectivity index (χ0n) is 8.66. The zero-order chi connectivity index (χ0) is 10.6. The zero-order valence-corrected chi connectivity index (χ0v) is 8.66. The molecule has 1 aromatic rings. The van der Waals surface area contributed by atoms with Crippen molar-refractivity contribution in [3.63, 3.8) is 0 Å². The van der Waals surface area contributed by atoms with Gasteiger partial charge in [0.1, 0.15) is 17.3 Å². The molecule has 0 bridgehead atoms. The van der Waals surface area contributed by atoms with Gasteiger partial charge in [-0.1, -0.05) is 12.6 Å². The van der Waals surface area contributed by atoms with Gasteiger partial charge in [-0.05, 0) is 12.1 Å². The van der Waals surface area contributed by atoms with Crippen LogP contribution in [0.2, 0.25) is 0 Å². The molecule has 3 nitrogen and oxygen atoms in total. The number of methoxy groups -OCH3 is 3. The summed E-state index contributed by atoms with van der Waals surface area (Å²) >= 11 is 0. The monoisotopic (exact) mass is 194 g/mol. The van der Waals surface area contributed by atoms with Crippen LogP contribution in [0.5, 0.6) is 11.5 Å². The third-order valence-corrected chi connectivity index (χ3v) is 1.95. The summed E-state index contributed by atoms with van der Waals surface area (Å²) in [6, 6.07) is 5.52. The van der Waals surface area contributed by atoms with Crippen molar-refractivity contribution >= 4 is 5.76 Å². The SMILES string of the molecule is C=C(OC)c1c(OC)cccc1OC. The molecule has 0 radical (unpaired) electrons. The average Bonchev–Trinajstić information content (AvgIpc) is 2.26. The Labute approximate surface area is 83.9 Å². The number of benzene rings is 1. The fraction of sp³-hybridized carbons (Fsp3) is 0.273. The molecule has 0 unspecified atom stereocenters. The van der Waals surface area contributed by atoms with Crippen LogP contribution >= 0.6 is 0 Å². The number of rotatable bonds is 4. The van der Waals surface area contributed by atoms with Crippen LogP contribution in [0.15, 0.2) is 24.8 Å². The smallest absolute Gasteiger partial charge is 0.133 e. The van der Waals surface area contributed by atoms with Crippen molar-refractivity contribution in [3.05, 3.63) is 30.3 Å². The highest BCUT2D eigenvalue weighted by Gasteiger charge is 2.12. The summed E-state index contributed by atoms with van der Waals surface area (Å²) in [6.07, 6.45) is 0. The molecule has 0 aliphatic heterocycles. The molecule has 3 heteroatoms. The lowest BCUT2D eigenvalue weighted by Crippen LogP contribution is -1.96. The molecule has 0 fully saturated rings. The van der Waals surface area contributed by atoms with Crippen LogP contribution in [0.3, 0.4) is 0 Å². The van der Waals surface area contributed by atoms with Crippen LogP contribution in [0.4, 0.5) is 0 Å². The number of hydrogen-bond acceptors (Lipinski definition) is 3. The molecule has 0 saturated carbocycles. The quantitative estimate of drug-likeness (QED) is 0.688. The molecule has 0 amide bonds. The van der Waals surface area contributed by atoms with Crippen molar-refractivity contribution in [2.75, 3.05) is 21.3 Å². The van der Waals surface area contributed by atoms with Crippen LogP contribution in [0.1, 0.15) is 5.56 Å². The first kappa shape index (κ1) is 10.4. The standard InChI is InChI=1S/C11H14O3/c1-8(12-2)11-9(13-3)6-5-7-10(11)14-4/h5-7H,1H2,2-4H3. The van der Waals surface area contributed by atoms with E-state index >= 15 is 0 Å². The van der Waals surface area contributed by atoms with Crippen LogP contribution in [-0.2, 0) is 4.74 Å². The summed E-state index contributed by atoms with van der Waals surface area (Å²) < 4.78 is 15.4. The fourth-order valence-corrected chi connectivity index (χ4v) is 1.23. The first-order valence-corrected chi connectivity index (χ1v) is 4.18. The molecule has 0 N–H and O–H groups in total. The van der Waals surface area contributed by atoms with Gasteiger partial charge in [0, 0.05) is 0 Å². The molecule has 0 atom stereocenters. The Bertz CT molecular complexity index is 309. The van der Waals surface area contributed by atoms with Gasteiger partial charge < -0.3 is 14.2 Å². The highest BCUT2D eigenvalue weighted by Crippen LogP contribution is 2.33. The first-order chi connectivity index (χ1) is 6.74. The fourth-order valence-electron chi connectivity index (χ4n) is 1.23. The second-order valence-electron chi connectivity index (χ2n) is 2.66. The number of ether oxygens (including phenoxy) is 3. The lowest BCUT2D eigenvalue weighted by Gasteiger charge is -2.13. The van der Waals surface area contributed by atoms with Gasteiger partial charge in [0.2, 0.25) is 0 Å². The van der Waals surface area contributed by atoms with E-state index in [1.54, 1.807) is 21.3 Å². The molecule has 0 aromatic heterocycles. The Morgan fingerprint density at radius 2 is 1.57 bits per heavy atom. The summed E-state index contributed by atoms with van der Waals surface area (Å²) in [6.45, 7) is 3.78. The largest absolute Gasteiger partial charge is 0.496 e. The maximum absolute atomic E-state index is 5.19. The van der Waals surface area contributed by atoms with E-state index in [9.17, 15) is 0 Å². The maximum Gasteiger partial charge on any atom is 0.133 e. The minimum atomic E-state index is 0.527. The second kappa shape index (κ2) is 4.56. The van der Waals surface area contributed by atoms with E-state index in [4.69, 9.17) is 14.2 Å². The lowest BCUT2D eigenvalue weighted by atomic mass is 10.1. The van der Waals surface area contributed by atoms with Gasteiger partial charge in [-0.2, -0.15) is 0 Å². The lowest BCUT2D eigenvalue weighted by molar-refractivity contribution is 0.352. The summed E-state index contributed by atoms with van der Waals surface area (Å²) in [5.74, 6) is 1.91. The number of hydrogen-bond donors (Lipinski definition) is 0. The molecule has 0 aliphatic carbocycles. The van der Waals surface area contributed by atoms with Crippen molar-refractivity contribution < 1.29 is 14.2 Å². The third-order valence-electron chi connectivity index (χ3n) is 1.95. The normalized spacial score (nSPS) is 9.36. The maximum atomic E-state index is 5.19. The van der Waals surface area contributed by atoms with Crippen LogP contribution in [0, 0.1) is 0 Å².